The molecule has 8 heteroatoms. The van der Waals surface area contributed by atoms with E-state index in [1.165, 1.54) is 22.0 Å². The Bertz CT molecular complexity index is 347. The lowest BCUT2D eigenvalue weighted by atomic mass is 11.0. The number of aromatic nitrogens is 6. The second-order valence-corrected chi connectivity index (χ2v) is 2.07. The molecule has 0 spiro atoms. The van der Waals surface area contributed by atoms with Gasteiger partial charge in [0.25, 0.3) is 0 Å². The van der Waals surface area contributed by atoms with Crippen LogP contribution in [0.2, 0.25) is 0 Å². The molecule has 2 rings (SSSR count). The molecule has 2 aromatic heterocycles. The fourth-order valence-corrected chi connectivity index (χ4v) is 0.810. The lowest BCUT2D eigenvalue weighted by Crippen LogP contribution is -2.13. The largest absolute Gasteiger partial charge is 0.366 e. The first-order valence-corrected chi connectivity index (χ1v) is 3.10. The van der Waals surface area contributed by atoms with E-state index in [4.69, 9.17) is 11.5 Å². The summed E-state index contributed by atoms with van der Waals surface area (Å²) in [5, 5.41) is 14.3. The van der Waals surface area contributed by atoms with E-state index in [9.17, 15) is 0 Å². The predicted octanol–water partition coefficient (Wildman–Crippen LogP) is -1.65. The van der Waals surface area contributed by atoms with Gasteiger partial charge in [-0.05, 0) is 0 Å². The Morgan fingerprint density at radius 2 is 1.33 bits per heavy atom. The summed E-state index contributed by atoms with van der Waals surface area (Å²) < 4.78 is 2.85. The topological polar surface area (TPSA) is 113 Å². The molecule has 0 unspecified atom stereocenters. The van der Waals surface area contributed by atoms with Crippen molar-refractivity contribution in [2.24, 2.45) is 0 Å². The maximum Gasteiger partial charge on any atom is 0.241 e. The van der Waals surface area contributed by atoms with E-state index in [0.29, 0.717) is 0 Å². The number of hydrogen-bond acceptors (Lipinski definition) is 6. The molecule has 0 bridgehead atoms. The van der Waals surface area contributed by atoms with Gasteiger partial charge < -0.3 is 11.5 Å². The fraction of sp³-hybridized carbons (Fsp3) is 0. The van der Waals surface area contributed by atoms with Gasteiger partial charge in [-0.2, -0.15) is 9.35 Å². The number of nitrogen functional groups attached to an aromatic ring is 2. The average molecular weight is 166 g/mol. The third kappa shape index (κ3) is 0.779. The Hall–Kier alpha value is -2.12. The first-order valence-electron chi connectivity index (χ1n) is 3.10. The van der Waals surface area contributed by atoms with Crippen LogP contribution in [0, 0.1) is 0 Å². The molecular formula is C4H6N8. The van der Waals surface area contributed by atoms with E-state index in [-0.39, 0.29) is 11.9 Å². The molecular weight excluding hydrogens is 160 g/mol. The molecule has 0 aromatic carbocycles. The molecule has 2 aromatic rings. The van der Waals surface area contributed by atoms with Gasteiger partial charge in [-0.25, -0.2) is 0 Å². The highest BCUT2D eigenvalue weighted by atomic mass is 15.6. The summed E-state index contributed by atoms with van der Waals surface area (Å²) in [6.07, 6.45) is 2.82. The molecule has 0 saturated heterocycles. The van der Waals surface area contributed by atoms with Crippen LogP contribution in [0.15, 0.2) is 12.7 Å². The highest BCUT2D eigenvalue weighted by molar-refractivity contribution is 5.20. The molecule has 0 saturated carbocycles. The summed E-state index contributed by atoms with van der Waals surface area (Å²) in [6, 6.07) is 0. The molecule has 62 valence electrons. The van der Waals surface area contributed by atoms with Gasteiger partial charge in [0.2, 0.25) is 11.9 Å². The van der Waals surface area contributed by atoms with Gasteiger partial charge in [-0.1, -0.05) is 0 Å². The summed E-state index contributed by atoms with van der Waals surface area (Å²) in [6.45, 7) is 0. The van der Waals surface area contributed by atoms with Crippen molar-refractivity contribution in [3.05, 3.63) is 12.7 Å². The quantitative estimate of drug-likeness (QED) is 0.524. The van der Waals surface area contributed by atoms with Gasteiger partial charge in [0.15, 0.2) is 0 Å². The minimum atomic E-state index is 0.224. The standard InChI is InChI=1S/C4H6N8/c5-3-9-7-1-11(3)12-2-8-10-4(12)6/h1-2H,(H2,5,9)(H2,6,10). The summed E-state index contributed by atoms with van der Waals surface area (Å²) >= 11 is 0. The first-order chi connectivity index (χ1) is 5.79. The highest BCUT2D eigenvalue weighted by Gasteiger charge is 2.04. The zero-order chi connectivity index (χ0) is 8.55. The average Bonchev–Trinajstić information content (AvgIpc) is 2.59. The summed E-state index contributed by atoms with van der Waals surface area (Å²) in [4.78, 5) is 0. The monoisotopic (exact) mass is 166 g/mol. The van der Waals surface area contributed by atoms with Crippen molar-refractivity contribution in [1.29, 1.82) is 0 Å². The van der Waals surface area contributed by atoms with Crippen LogP contribution in [0.5, 0.6) is 0 Å². The highest BCUT2D eigenvalue weighted by Crippen LogP contribution is 2.01. The Labute approximate surface area is 66.8 Å². The number of hydrogen-bond donors (Lipinski definition) is 2. The third-order valence-corrected chi connectivity index (χ3v) is 1.34. The zero-order valence-corrected chi connectivity index (χ0v) is 5.99. The van der Waals surface area contributed by atoms with E-state index in [0.717, 1.165) is 0 Å². The van der Waals surface area contributed by atoms with Gasteiger partial charge in [-0.3, -0.25) is 0 Å². The Kier molecular flexibility index (Phi) is 1.20. The van der Waals surface area contributed by atoms with Crippen molar-refractivity contribution in [3.63, 3.8) is 0 Å². The molecule has 0 fully saturated rings. The smallest absolute Gasteiger partial charge is 0.241 e. The number of nitrogens with two attached hydrogens (primary N) is 2. The van der Waals surface area contributed by atoms with Gasteiger partial charge in [0.05, 0.1) is 0 Å². The van der Waals surface area contributed by atoms with Crippen LogP contribution < -0.4 is 11.5 Å². The van der Waals surface area contributed by atoms with Gasteiger partial charge >= 0.3 is 0 Å². The Morgan fingerprint density at radius 1 is 0.917 bits per heavy atom. The molecule has 0 atom stereocenters. The van der Waals surface area contributed by atoms with Crippen molar-refractivity contribution in [1.82, 2.24) is 29.7 Å². The van der Waals surface area contributed by atoms with Crippen LogP contribution in [-0.4, -0.2) is 29.7 Å². The summed E-state index contributed by atoms with van der Waals surface area (Å²) in [7, 11) is 0. The van der Waals surface area contributed by atoms with E-state index in [1.807, 2.05) is 0 Å². The number of rotatable bonds is 1. The lowest BCUT2D eigenvalue weighted by Gasteiger charge is -2.02. The van der Waals surface area contributed by atoms with Crippen LogP contribution in [0.25, 0.3) is 0 Å². The van der Waals surface area contributed by atoms with E-state index in [2.05, 4.69) is 20.4 Å². The molecule has 0 amide bonds. The Balaban J connectivity index is 2.57. The molecule has 0 radical (unpaired) electrons. The van der Waals surface area contributed by atoms with Crippen LogP contribution >= 0.6 is 0 Å². The van der Waals surface area contributed by atoms with Crippen LogP contribution in [0.3, 0.4) is 0 Å². The van der Waals surface area contributed by atoms with Crippen molar-refractivity contribution in [2.45, 2.75) is 0 Å². The van der Waals surface area contributed by atoms with Gasteiger partial charge in [0, 0.05) is 0 Å². The summed E-state index contributed by atoms with van der Waals surface area (Å²) in [5.41, 5.74) is 10.9. The van der Waals surface area contributed by atoms with Crippen molar-refractivity contribution in [2.75, 3.05) is 11.5 Å². The second kappa shape index (κ2) is 2.19. The van der Waals surface area contributed by atoms with Crippen LogP contribution in [-0.2, 0) is 0 Å². The van der Waals surface area contributed by atoms with Crippen LogP contribution in [0.1, 0.15) is 0 Å². The van der Waals surface area contributed by atoms with Crippen molar-refractivity contribution >= 4 is 11.9 Å². The lowest BCUT2D eigenvalue weighted by molar-refractivity contribution is 0.672. The molecule has 4 N–H and O–H groups in total. The molecule has 2 heterocycles. The first kappa shape index (κ1) is 6.58. The van der Waals surface area contributed by atoms with Gasteiger partial charge in [0.1, 0.15) is 12.7 Å². The van der Waals surface area contributed by atoms with E-state index < -0.39 is 0 Å². The minimum Gasteiger partial charge on any atom is -0.366 e. The molecule has 8 nitrogen and oxygen atoms in total. The number of anilines is 2. The molecule has 0 aliphatic heterocycles. The SMILES string of the molecule is Nc1nncn1-n1cnnc1N. The Morgan fingerprint density at radius 3 is 1.58 bits per heavy atom. The van der Waals surface area contributed by atoms with Crippen molar-refractivity contribution < 1.29 is 0 Å². The molecule has 0 aliphatic rings. The normalized spacial score (nSPS) is 10.3. The summed E-state index contributed by atoms with van der Waals surface area (Å²) in [5.74, 6) is 0.447. The van der Waals surface area contributed by atoms with E-state index >= 15 is 0 Å². The van der Waals surface area contributed by atoms with Crippen LogP contribution in [0.4, 0.5) is 11.9 Å². The zero-order valence-electron chi connectivity index (χ0n) is 5.99. The molecule has 0 aliphatic carbocycles. The third-order valence-electron chi connectivity index (χ3n) is 1.34. The minimum absolute atomic E-state index is 0.224. The second-order valence-electron chi connectivity index (χ2n) is 2.07. The molecule has 12 heavy (non-hydrogen) atoms. The number of nitrogens with zero attached hydrogens (tertiary/aromatic N) is 6. The predicted molar refractivity (Wildman–Crippen MR) is 39.7 cm³/mol. The maximum atomic E-state index is 5.46. The maximum absolute atomic E-state index is 5.46. The van der Waals surface area contributed by atoms with Crippen molar-refractivity contribution in [3.8, 4) is 0 Å². The fourth-order valence-electron chi connectivity index (χ4n) is 0.810. The van der Waals surface area contributed by atoms with E-state index in [1.54, 1.807) is 0 Å². The van der Waals surface area contributed by atoms with Gasteiger partial charge in [-0.15, -0.1) is 20.4 Å².